The van der Waals surface area contributed by atoms with Crippen molar-refractivity contribution in [3.63, 3.8) is 0 Å². The van der Waals surface area contributed by atoms with Gasteiger partial charge in [-0.2, -0.15) is 0 Å². The number of thiophene rings is 1. The van der Waals surface area contributed by atoms with Crippen molar-refractivity contribution in [2.75, 3.05) is 5.75 Å². The zero-order valence-corrected chi connectivity index (χ0v) is 20.5. The van der Waals surface area contributed by atoms with Crippen molar-refractivity contribution in [3.8, 4) is 0 Å². The van der Waals surface area contributed by atoms with Gasteiger partial charge in [0.05, 0.1) is 17.6 Å². The van der Waals surface area contributed by atoms with Gasteiger partial charge in [0.25, 0.3) is 0 Å². The fourth-order valence-electron chi connectivity index (χ4n) is 3.85. The number of fused-ring (bicyclic) bond motifs is 5. The molecule has 162 valence electrons. The first kappa shape index (κ1) is 21.2. The van der Waals surface area contributed by atoms with Crippen LogP contribution in [0.4, 0.5) is 0 Å². The van der Waals surface area contributed by atoms with Gasteiger partial charge in [0.15, 0.2) is 16.0 Å². The Hall–Kier alpha value is -1.61. The topological polar surface area (TPSA) is 52.3 Å². The number of aromatic nitrogens is 4. The number of nitrogens with zero attached hydrogens (tertiary/aromatic N) is 4. The summed E-state index contributed by atoms with van der Waals surface area (Å²) in [6.07, 6.45) is 2.99. The summed E-state index contributed by atoms with van der Waals surface area (Å²) in [4.78, 5) is 7.45. The third-order valence-electron chi connectivity index (χ3n) is 5.81. The van der Waals surface area contributed by atoms with E-state index in [4.69, 9.17) is 9.72 Å². The Balaban J connectivity index is 1.63. The molecule has 0 bridgehead atoms. The highest BCUT2D eigenvalue weighted by Crippen LogP contribution is 2.42. The van der Waals surface area contributed by atoms with Crippen LogP contribution < -0.4 is 0 Å². The molecular formula is C23H26N4OS3. The maximum absolute atomic E-state index is 6.20. The average Bonchev–Trinajstić information content (AvgIpc) is 3.37. The highest BCUT2D eigenvalue weighted by Gasteiger charge is 2.33. The minimum absolute atomic E-state index is 0.126. The molecule has 0 spiro atoms. The predicted molar refractivity (Wildman–Crippen MR) is 130 cm³/mol. The number of benzene rings is 1. The Morgan fingerprint density at radius 2 is 1.97 bits per heavy atom. The Kier molecular flexibility index (Phi) is 5.98. The summed E-state index contributed by atoms with van der Waals surface area (Å²) in [7, 11) is 0. The molecule has 1 aliphatic heterocycles. The summed E-state index contributed by atoms with van der Waals surface area (Å²) in [5, 5.41) is 12.4. The molecule has 4 aromatic rings. The SMILES string of the molecule is CCCSc1nc2sc3c(c2c2nnc(SCc4ccccc4)n12)CC(C)(CC)OC3. The average molecular weight is 471 g/mol. The van der Waals surface area contributed by atoms with Gasteiger partial charge < -0.3 is 4.74 Å². The number of hydrogen-bond acceptors (Lipinski definition) is 7. The molecular weight excluding hydrogens is 444 g/mol. The van der Waals surface area contributed by atoms with Crippen LogP contribution in [0.15, 0.2) is 40.6 Å². The lowest BCUT2D eigenvalue weighted by Crippen LogP contribution is -2.33. The molecule has 1 aromatic carbocycles. The summed E-state index contributed by atoms with van der Waals surface area (Å²) < 4.78 is 8.38. The smallest absolute Gasteiger partial charge is 0.198 e. The molecule has 0 saturated heterocycles. The third-order valence-corrected chi connectivity index (χ3v) is 9.06. The highest BCUT2D eigenvalue weighted by molar-refractivity contribution is 7.99. The van der Waals surface area contributed by atoms with Gasteiger partial charge in [0.1, 0.15) is 4.83 Å². The van der Waals surface area contributed by atoms with Crippen molar-refractivity contribution in [1.82, 2.24) is 19.6 Å². The van der Waals surface area contributed by atoms with Gasteiger partial charge in [-0.1, -0.05) is 67.7 Å². The zero-order valence-electron chi connectivity index (χ0n) is 18.1. The Bertz CT molecular complexity index is 1220. The number of thioether (sulfide) groups is 2. The van der Waals surface area contributed by atoms with Crippen molar-refractivity contribution in [3.05, 3.63) is 46.3 Å². The van der Waals surface area contributed by atoms with Crippen LogP contribution in [0.2, 0.25) is 0 Å². The molecule has 0 saturated carbocycles. The van der Waals surface area contributed by atoms with Gasteiger partial charge >= 0.3 is 0 Å². The van der Waals surface area contributed by atoms with Gasteiger partial charge in [-0.15, -0.1) is 21.5 Å². The Labute approximate surface area is 195 Å². The minimum atomic E-state index is -0.126. The minimum Gasteiger partial charge on any atom is -0.369 e. The molecule has 1 atom stereocenters. The van der Waals surface area contributed by atoms with Gasteiger partial charge in [0, 0.05) is 22.8 Å². The summed E-state index contributed by atoms with van der Waals surface area (Å²) in [5.41, 5.74) is 3.45. The maximum atomic E-state index is 6.20. The van der Waals surface area contributed by atoms with Crippen LogP contribution in [0.25, 0.3) is 15.9 Å². The van der Waals surface area contributed by atoms with Gasteiger partial charge in [-0.05, 0) is 30.9 Å². The molecule has 4 heterocycles. The largest absolute Gasteiger partial charge is 0.369 e. The quantitative estimate of drug-likeness (QED) is 0.231. The lowest BCUT2D eigenvalue weighted by Gasteiger charge is -2.33. The fourth-order valence-corrected chi connectivity index (χ4v) is 6.80. The van der Waals surface area contributed by atoms with Crippen LogP contribution in [0, 0.1) is 0 Å². The molecule has 0 radical (unpaired) electrons. The third kappa shape index (κ3) is 3.99. The van der Waals surface area contributed by atoms with Crippen molar-refractivity contribution in [1.29, 1.82) is 0 Å². The summed E-state index contributed by atoms with van der Waals surface area (Å²) >= 11 is 5.27. The van der Waals surface area contributed by atoms with Gasteiger partial charge in [0.2, 0.25) is 0 Å². The van der Waals surface area contributed by atoms with E-state index in [2.05, 4.69) is 59.6 Å². The molecule has 5 nitrogen and oxygen atoms in total. The van der Waals surface area contributed by atoms with E-state index in [0.29, 0.717) is 6.61 Å². The molecule has 1 unspecified atom stereocenters. The van der Waals surface area contributed by atoms with E-state index in [1.165, 1.54) is 21.4 Å². The second kappa shape index (κ2) is 8.73. The maximum Gasteiger partial charge on any atom is 0.198 e. The lowest BCUT2D eigenvalue weighted by molar-refractivity contribution is -0.0542. The monoisotopic (exact) mass is 470 g/mol. The van der Waals surface area contributed by atoms with Gasteiger partial charge in [-0.25, -0.2) is 9.38 Å². The van der Waals surface area contributed by atoms with Gasteiger partial charge in [-0.3, -0.25) is 0 Å². The van der Waals surface area contributed by atoms with Crippen molar-refractivity contribution in [2.45, 2.75) is 68.3 Å². The molecule has 0 aliphatic carbocycles. The van der Waals surface area contributed by atoms with E-state index >= 15 is 0 Å². The van der Waals surface area contributed by atoms with E-state index in [0.717, 1.165) is 51.6 Å². The van der Waals surface area contributed by atoms with Crippen molar-refractivity contribution >= 4 is 50.7 Å². The van der Waals surface area contributed by atoms with Crippen LogP contribution in [-0.2, 0) is 23.5 Å². The number of rotatable bonds is 7. The van der Waals surface area contributed by atoms with Crippen LogP contribution in [0.5, 0.6) is 0 Å². The molecule has 5 rings (SSSR count). The Morgan fingerprint density at radius 3 is 2.74 bits per heavy atom. The lowest BCUT2D eigenvalue weighted by atomic mass is 9.90. The summed E-state index contributed by atoms with van der Waals surface area (Å²) in [5.74, 6) is 1.89. The van der Waals surface area contributed by atoms with Crippen LogP contribution in [0.1, 0.15) is 49.6 Å². The Morgan fingerprint density at radius 1 is 1.13 bits per heavy atom. The fraction of sp³-hybridized carbons (Fsp3) is 0.435. The van der Waals surface area contributed by atoms with E-state index in [-0.39, 0.29) is 5.60 Å². The molecule has 8 heteroatoms. The first-order valence-corrected chi connectivity index (χ1v) is 13.5. The first-order valence-electron chi connectivity index (χ1n) is 10.7. The van der Waals surface area contributed by atoms with Crippen LogP contribution in [0.3, 0.4) is 0 Å². The second-order valence-electron chi connectivity index (χ2n) is 8.11. The molecule has 0 amide bonds. The standard InChI is InChI=1S/C23H26N4OS3/c1-4-11-29-21-24-20-18(16-12-23(3,5-2)28-13-17(16)31-20)19-25-26-22(27(19)21)30-14-15-9-7-6-8-10-15/h6-10H,4-5,11-14H2,1-3H3. The molecule has 3 aromatic heterocycles. The van der Waals surface area contributed by atoms with Crippen molar-refractivity contribution < 1.29 is 4.74 Å². The first-order chi connectivity index (χ1) is 15.1. The van der Waals surface area contributed by atoms with E-state index in [1.54, 1.807) is 34.9 Å². The van der Waals surface area contributed by atoms with E-state index < -0.39 is 0 Å². The predicted octanol–water partition coefficient (Wildman–Crippen LogP) is 6.37. The molecule has 1 aliphatic rings. The van der Waals surface area contributed by atoms with Crippen LogP contribution >= 0.6 is 34.9 Å². The zero-order chi connectivity index (χ0) is 21.4. The number of ether oxygens (including phenoxy) is 1. The van der Waals surface area contributed by atoms with E-state index in [1.807, 2.05) is 6.07 Å². The summed E-state index contributed by atoms with van der Waals surface area (Å²) in [6.45, 7) is 7.27. The molecule has 0 fully saturated rings. The second-order valence-corrected chi connectivity index (χ2v) is 11.2. The highest BCUT2D eigenvalue weighted by atomic mass is 32.2. The van der Waals surface area contributed by atoms with Crippen LogP contribution in [-0.4, -0.2) is 30.9 Å². The number of hydrogen-bond donors (Lipinski definition) is 0. The molecule has 0 N–H and O–H groups in total. The molecule has 31 heavy (non-hydrogen) atoms. The van der Waals surface area contributed by atoms with E-state index in [9.17, 15) is 0 Å². The van der Waals surface area contributed by atoms with Crippen molar-refractivity contribution in [2.24, 2.45) is 0 Å². The normalized spacial score (nSPS) is 18.7. The summed E-state index contributed by atoms with van der Waals surface area (Å²) in [6, 6.07) is 10.5.